The monoisotopic (exact) mass is 326 g/mol. The highest BCUT2D eigenvalue weighted by atomic mass is 32.2. The lowest BCUT2D eigenvalue weighted by Crippen LogP contribution is -2.22. The molecule has 116 valence electrons. The molecule has 0 N–H and O–H groups in total. The lowest BCUT2D eigenvalue weighted by atomic mass is 10.1. The molecule has 5 nitrogen and oxygen atoms in total. The van der Waals surface area contributed by atoms with Crippen LogP contribution in [0.2, 0.25) is 0 Å². The fraction of sp³-hybridized carbons (Fsp3) is 0.235. The third-order valence-electron chi connectivity index (χ3n) is 4.04. The van der Waals surface area contributed by atoms with Crippen molar-refractivity contribution < 1.29 is 9.53 Å². The molecule has 4 rings (SSSR count). The molecule has 1 aromatic heterocycles. The van der Waals surface area contributed by atoms with Crippen molar-refractivity contribution in [2.75, 3.05) is 6.61 Å². The van der Waals surface area contributed by atoms with Crippen LogP contribution in [0.3, 0.4) is 0 Å². The quantitative estimate of drug-likeness (QED) is 0.411. The second kappa shape index (κ2) is 5.38. The van der Waals surface area contributed by atoms with E-state index in [4.69, 9.17) is 4.74 Å². The van der Waals surface area contributed by atoms with E-state index in [9.17, 15) is 9.59 Å². The van der Waals surface area contributed by atoms with Gasteiger partial charge in [0.05, 0.1) is 17.5 Å². The SMILES string of the molecule is Cn1c(S[C@H]2CCOC2=O)nc2cc3ccccc3cc2c1=O. The highest BCUT2D eigenvalue weighted by Gasteiger charge is 2.29. The molecule has 1 aliphatic heterocycles. The predicted molar refractivity (Wildman–Crippen MR) is 89.7 cm³/mol. The van der Waals surface area contributed by atoms with E-state index in [1.807, 2.05) is 36.4 Å². The Kier molecular flexibility index (Phi) is 3.34. The number of ether oxygens (including phenoxy) is 1. The molecule has 0 bridgehead atoms. The third-order valence-corrected chi connectivity index (χ3v) is 5.33. The Bertz CT molecular complexity index is 996. The summed E-state index contributed by atoms with van der Waals surface area (Å²) in [5.74, 6) is -0.233. The molecule has 1 fully saturated rings. The van der Waals surface area contributed by atoms with Crippen molar-refractivity contribution in [1.82, 2.24) is 9.55 Å². The molecule has 6 heteroatoms. The van der Waals surface area contributed by atoms with Gasteiger partial charge in [-0.3, -0.25) is 14.2 Å². The number of carbonyl (C=O) groups excluding carboxylic acids is 1. The Morgan fingerprint density at radius 2 is 1.96 bits per heavy atom. The largest absolute Gasteiger partial charge is 0.465 e. The van der Waals surface area contributed by atoms with Crippen molar-refractivity contribution in [3.63, 3.8) is 0 Å². The second-order valence-corrected chi connectivity index (χ2v) is 6.71. The topological polar surface area (TPSA) is 61.2 Å². The summed E-state index contributed by atoms with van der Waals surface area (Å²) >= 11 is 1.30. The number of hydrogen-bond donors (Lipinski definition) is 0. The van der Waals surface area contributed by atoms with Crippen LogP contribution in [-0.4, -0.2) is 27.4 Å². The first-order chi connectivity index (χ1) is 11.1. The van der Waals surface area contributed by atoms with E-state index in [1.165, 1.54) is 16.3 Å². The van der Waals surface area contributed by atoms with E-state index < -0.39 is 0 Å². The molecule has 1 atom stereocenters. The van der Waals surface area contributed by atoms with Crippen molar-refractivity contribution in [2.45, 2.75) is 16.8 Å². The number of fused-ring (bicyclic) bond motifs is 2. The van der Waals surface area contributed by atoms with Gasteiger partial charge in [0.1, 0.15) is 5.25 Å². The van der Waals surface area contributed by atoms with Crippen LogP contribution in [0.25, 0.3) is 21.7 Å². The Morgan fingerprint density at radius 3 is 2.65 bits per heavy atom. The maximum Gasteiger partial charge on any atom is 0.319 e. The fourth-order valence-electron chi connectivity index (χ4n) is 2.75. The molecular formula is C17H14N2O3S. The number of cyclic esters (lactones) is 1. The van der Waals surface area contributed by atoms with Crippen molar-refractivity contribution in [1.29, 1.82) is 0 Å². The van der Waals surface area contributed by atoms with E-state index in [0.717, 1.165) is 10.8 Å². The Morgan fingerprint density at radius 1 is 1.22 bits per heavy atom. The van der Waals surface area contributed by atoms with Crippen LogP contribution >= 0.6 is 11.8 Å². The average molecular weight is 326 g/mol. The average Bonchev–Trinajstić information content (AvgIpc) is 2.96. The minimum Gasteiger partial charge on any atom is -0.465 e. The summed E-state index contributed by atoms with van der Waals surface area (Å²) in [6.45, 7) is 0.433. The van der Waals surface area contributed by atoms with E-state index in [0.29, 0.717) is 29.1 Å². The van der Waals surface area contributed by atoms with Gasteiger partial charge in [-0.2, -0.15) is 0 Å². The predicted octanol–water partition coefficient (Wildman–Crippen LogP) is 2.49. The van der Waals surface area contributed by atoms with Gasteiger partial charge in [0.15, 0.2) is 5.16 Å². The van der Waals surface area contributed by atoms with Gasteiger partial charge in [-0.25, -0.2) is 4.98 Å². The normalized spacial score (nSPS) is 17.8. The summed E-state index contributed by atoms with van der Waals surface area (Å²) < 4.78 is 6.49. The van der Waals surface area contributed by atoms with Crippen LogP contribution in [-0.2, 0) is 16.6 Å². The van der Waals surface area contributed by atoms with Crippen LogP contribution in [0.4, 0.5) is 0 Å². The van der Waals surface area contributed by atoms with Gasteiger partial charge in [-0.05, 0) is 22.9 Å². The highest BCUT2D eigenvalue weighted by molar-refractivity contribution is 8.00. The first kappa shape index (κ1) is 14.3. The molecule has 1 saturated heterocycles. The van der Waals surface area contributed by atoms with E-state index in [2.05, 4.69) is 4.98 Å². The number of hydrogen-bond acceptors (Lipinski definition) is 5. The molecule has 23 heavy (non-hydrogen) atoms. The first-order valence-corrected chi connectivity index (χ1v) is 8.24. The number of carbonyl (C=O) groups is 1. The van der Waals surface area contributed by atoms with Crippen LogP contribution < -0.4 is 5.56 Å². The number of benzene rings is 2. The minimum atomic E-state index is -0.286. The van der Waals surface area contributed by atoms with Crippen molar-refractivity contribution in [3.05, 3.63) is 46.8 Å². The molecular weight excluding hydrogens is 312 g/mol. The lowest BCUT2D eigenvalue weighted by molar-refractivity contribution is -0.137. The zero-order valence-electron chi connectivity index (χ0n) is 12.5. The minimum absolute atomic E-state index is 0.102. The third kappa shape index (κ3) is 2.39. The number of thioether (sulfide) groups is 1. The van der Waals surface area contributed by atoms with Crippen molar-refractivity contribution >= 4 is 39.4 Å². The zero-order chi connectivity index (χ0) is 16.0. The molecule has 3 aromatic rings. The van der Waals surface area contributed by atoms with Crippen LogP contribution in [0.15, 0.2) is 46.3 Å². The summed E-state index contributed by atoms with van der Waals surface area (Å²) in [6.07, 6.45) is 0.648. The molecule has 0 radical (unpaired) electrons. The van der Waals surface area contributed by atoms with Crippen LogP contribution in [0.5, 0.6) is 0 Å². The van der Waals surface area contributed by atoms with Gasteiger partial charge in [-0.15, -0.1) is 0 Å². The summed E-state index contributed by atoms with van der Waals surface area (Å²) in [6, 6.07) is 11.7. The van der Waals surface area contributed by atoms with Crippen LogP contribution in [0.1, 0.15) is 6.42 Å². The number of esters is 1. The van der Waals surface area contributed by atoms with Gasteiger partial charge in [0, 0.05) is 13.5 Å². The number of aromatic nitrogens is 2. The van der Waals surface area contributed by atoms with Crippen molar-refractivity contribution in [2.24, 2.45) is 7.05 Å². The molecule has 2 heterocycles. The standard InChI is InChI=1S/C17H14N2O3S/c1-19-15(20)12-8-10-4-2-3-5-11(10)9-13(12)18-17(19)23-14-6-7-22-16(14)21/h2-5,8-9,14H,6-7H2,1H3/t14-/m0/s1. The summed E-state index contributed by atoms with van der Waals surface area (Å²) in [4.78, 5) is 28.9. The lowest BCUT2D eigenvalue weighted by Gasteiger charge is -2.11. The second-order valence-electron chi connectivity index (χ2n) is 5.54. The molecule has 0 spiro atoms. The van der Waals surface area contributed by atoms with Gasteiger partial charge in [-0.1, -0.05) is 36.0 Å². The Labute approximate surface area is 136 Å². The summed E-state index contributed by atoms with van der Waals surface area (Å²) in [5, 5.41) is 2.90. The van der Waals surface area contributed by atoms with Gasteiger partial charge in [0.2, 0.25) is 0 Å². The molecule has 1 aliphatic rings. The summed E-state index contributed by atoms with van der Waals surface area (Å²) in [5.41, 5.74) is 0.551. The van der Waals surface area contributed by atoms with Crippen molar-refractivity contribution in [3.8, 4) is 0 Å². The first-order valence-electron chi connectivity index (χ1n) is 7.36. The van der Waals surface area contributed by atoms with E-state index in [-0.39, 0.29) is 16.8 Å². The zero-order valence-corrected chi connectivity index (χ0v) is 13.3. The van der Waals surface area contributed by atoms with E-state index >= 15 is 0 Å². The maximum absolute atomic E-state index is 12.6. The molecule has 2 aromatic carbocycles. The van der Waals surface area contributed by atoms with E-state index in [1.54, 1.807) is 7.05 Å². The molecule has 0 amide bonds. The smallest absolute Gasteiger partial charge is 0.319 e. The number of rotatable bonds is 2. The number of nitrogens with zero attached hydrogens (tertiary/aromatic N) is 2. The molecule has 0 unspecified atom stereocenters. The molecule has 0 aliphatic carbocycles. The Hall–Kier alpha value is -2.34. The highest BCUT2D eigenvalue weighted by Crippen LogP contribution is 2.29. The van der Waals surface area contributed by atoms with Crippen LogP contribution in [0, 0.1) is 0 Å². The maximum atomic E-state index is 12.6. The van der Waals surface area contributed by atoms with Gasteiger partial charge in [0.25, 0.3) is 5.56 Å². The Balaban J connectivity index is 1.88. The fourth-order valence-corrected chi connectivity index (χ4v) is 3.78. The molecule has 0 saturated carbocycles. The van der Waals surface area contributed by atoms with Gasteiger partial charge >= 0.3 is 5.97 Å². The summed E-state index contributed by atoms with van der Waals surface area (Å²) in [7, 11) is 1.69. The van der Waals surface area contributed by atoms with Gasteiger partial charge < -0.3 is 4.74 Å².